The van der Waals surface area contributed by atoms with Gasteiger partial charge in [-0.3, -0.25) is 0 Å². The first-order valence-electron chi connectivity index (χ1n) is 7.49. The third-order valence-electron chi connectivity index (χ3n) is 3.33. The molecule has 0 fully saturated rings. The summed E-state index contributed by atoms with van der Waals surface area (Å²) in [4.78, 5) is 15.7. The van der Waals surface area contributed by atoms with Gasteiger partial charge in [-0.1, -0.05) is 31.5 Å². The third-order valence-corrected chi connectivity index (χ3v) is 3.33. The molecule has 2 aromatic rings. The van der Waals surface area contributed by atoms with Gasteiger partial charge in [0.1, 0.15) is 18.1 Å². The molecule has 0 aliphatic heterocycles. The summed E-state index contributed by atoms with van der Waals surface area (Å²) in [7, 11) is 1.34. The first-order valence-corrected chi connectivity index (χ1v) is 7.49. The second-order valence-corrected chi connectivity index (χ2v) is 5.04. The Morgan fingerprint density at radius 1 is 1.14 bits per heavy atom. The molecule has 1 aromatic heterocycles. The molecular weight excluding hydrogens is 278 g/mol. The number of hydrogen-bond acceptors (Lipinski definition) is 4. The van der Waals surface area contributed by atoms with Gasteiger partial charge in [0.15, 0.2) is 0 Å². The number of hydrogen-bond donors (Lipinski definition) is 0. The number of benzene rings is 1. The fraction of sp³-hybridized carbons (Fsp3) is 0.333. The molecule has 0 radical (unpaired) electrons. The van der Waals surface area contributed by atoms with Gasteiger partial charge in [0.2, 0.25) is 0 Å². The number of ether oxygens (including phenoxy) is 2. The number of esters is 1. The number of carbonyl (C=O) groups is 1. The number of pyridine rings is 1. The summed E-state index contributed by atoms with van der Waals surface area (Å²) in [6, 6.07) is 13.3. The average Bonchev–Trinajstić information content (AvgIpc) is 2.58. The molecule has 0 unspecified atom stereocenters. The van der Waals surface area contributed by atoms with Gasteiger partial charge in [0.05, 0.1) is 12.8 Å². The normalized spacial score (nSPS) is 10.3. The molecule has 0 amide bonds. The van der Waals surface area contributed by atoms with Crippen molar-refractivity contribution in [2.75, 3.05) is 7.11 Å². The Balaban J connectivity index is 1.93. The Bertz CT molecular complexity index is 608. The van der Waals surface area contributed by atoms with E-state index < -0.39 is 5.97 Å². The zero-order valence-corrected chi connectivity index (χ0v) is 13.0. The van der Waals surface area contributed by atoms with Crippen molar-refractivity contribution in [1.29, 1.82) is 0 Å². The van der Waals surface area contributed by atoms with Crippen LogP contribution in [-0.4, -0.2) is 18.1 Å². The average molecular weight is 299 g/mol. The van der Waals surface area contributed by atoms with Crippen molar-refractivity contribution in [2.24, 2.45) is 0 Å². The van der Waals surface area contributed by atoms with E-state index in [4.69, 9.17) is 4.74 Å². The number of aryl methyl sites for hydroxylation is 1. The lowest BCUT2D eigenvalue weighted by molar-refractivity contribution is 0.0593. The highest BCUT2D eigenvalue weighted by Gasteiger charge is 2.07. The number of rotatable bonds is 7. The number of nitrogens with zero attached hydrogens (tertiary/aromatic N) is 1. The maximum atomic E-state index is 11.4. The zero-order chi connectivity index (χ0) is 15.8. The van der Waals surface area contributed by atoms with Gasteiger partial charge in [0, 0.05) is 0 Å². The van der Waals surface area contributed by atoms with E-state index in [1.54, 1.807) is 12.1 Å². The minimum atomic E-state index is -0.442. The van der Waals surface area contributed by atoms with Gasteiger partial charge in [-0.25, -0.2) is 9.78 Å². The molecule has 0 bridgehead atoms. The molecule has 0 saturated heterocycles. The predicted molar refractivity (Wildman–Crippen MR) is 85.0 cm³/mol. The molecule has 0 aliphatic carbocycles. The molecule has 0 atom stereocenters. The fourth-order valence-corrected chi connectivity index (χ4v) is 2.07. The van der Waals surface area contributed by atoms with E-state index >= 15 is 0 Å². The number of unbranched alkanes of at least 4 members (excludes halogenated alkanes) is 1. The van der Waals surface area contributed by atoms with Gasteiger partial charge in [-0.15, -0.1) is 0 Å². The van der Waals surface area contributed by atoms with Crippen molar-refractivity contribution in [3.8, 4) is 5.75 Å². The van der Waals surface area contributed by atoms with E-state index in [1.165, 1.54) is 25.5 Å². The summed E-state index contributed by atoms with van der Waals surface area (Å²) in [5.74, 6) is 0.354. The number of methoxy groups -OCH3 is 1. The summed E-state index contributed by atoms with van der Waals surface area (Å²) in [5.41, 5.74) is 2.30. The Morgan fingerprint density at radius 2 is 1.91 bits per heavy atom. The lowest BCUT2D eigenvalue weighted by atomic mass is 10.1. The van der Waals surface area contributed by atoms with Crippen LogP contribution in [0.1, 0.15) is 41.5 Å². The molecule has 0 aliphatic rings. The molecule has 0 spiro atoms. The van der Waals surface area contributed by atoms with E-state index in [2.05, 4.69) is 28.8 Å². The highest BCUT2D eigenvalue weighted by molar-refractivity contribution is 5.87. The van der Waals surface area contributed by atoms with Crippen LogP contribution in [0.25, 0.3) is 0 Å². The van der Waals surface area contributed by atoms with Crippen LogP contribution in [0.5, 0.6) is 5.75 Å². The molecule has 4 heteroatoms. The molecule has 2 rings (SSSR count). The number of aromatic nitrogens is 1. The summed E-state index contributed by atoms with van der Waals surface area (Å²) >= 11 is 0. The first-order chi connectivity index (χ1) is 10.7. The SMILES string of the molecule is CCCCc1ccc(OCc2cccc(C(=O)OC)n2)cc1. The molecule has 116 valence electrons. The monoisotopic (exact) mass is 299 g/mol. The van der Waals surface area contributed by atoms with Gasteiger partial charge >= 0.3 is 5.97 Å². The van der Waals surface area contributed by atoms with Crippen molar-refractivity contribution < 1.29 is 14.3 Å². The predicted octanol–water partition coefficient (Wildman–Crippen LogP) is 3.79. The summed E-state index contributed by atoms with van der Waals surface area (Å²) in [6.07, 6.45) is 3.49. The summed E-state index contributed by atoms with van der Waals surface area (Å²) in [5, 5.41) is 0. The lowest BCUT2D eigenvalue weighted by Gasteiger charge is -2.07. The third kappa shape index (κ3) is 4.58. The lowest BCUT2D eigenvalue weighted by Crippen LogP contribution is -2.07. The van der Waals surface area contributed by atoms with Crippen LogP contribution in [0.3, 0.4) is 0 Å². The standard InChI is InChI=1S/C18H21NO3/c1-3-4-6-14-9-11-16(12-10-14)22-13-15-7-5-8-17(19-15)18(20)21-2/h5,7-12H,3-4,6,13H2,1-2H3. The zero-order valence-electron chi connectivity index (χ0n) is 13.0. The van der Waals surface area contributed by atoms with Crippen LogP contribution in [0.2, 0.25) is 0 Å². The Kier molecular flexibility index (Phi) is 5.95. The molecule has 0 saturated carbocycles. The van der Waals surface area contributed by atoms with Crippen molar-refractivity contribution >= 4 is 5.97 Å². The van der Waals surface area contributed by atoms with Crippen LogP contribution in [-0.2, 0) is 17.8 Å². The van der Waals surface area contributed by atoms with E-state index in [0.717, 1.165) is 12.2 Å². The maximum absolute atomic E-state index is 11.4. The van der Waals surface area contributed by atoms with Gasteiger partial charge < -0.3 is 9.47 Å². The highest BCUT2D eigenvalue weighted by Crippen LogP contribution is 2.15. The first kappa shape index (κ1) is 16.0. The second kappa shape index (κ2) is 8.17. The highest BCUT2D eigenvalue weighted by atomic mass is 16.5. The smallest absolute Gasteiger partial charge is 0.356 e. The quantitative estimate of drug-likeness (QED) is 0.730. The summed E-state index contributed by atoms with van der Waals surface area (Å²) in [6.45, 7) is 2.51. The molecule has 1 aromatic carbocycles. The Morgan fingerprint density at radius 3 is 2.59 bits per heavy atom. The van der Waals surface area contributed by atoms with Crippen molar-refractivity contribution in [3.63, 3.8) is 0 Å². The summed E-state index contributed by atoms with van der Waals surface area (Å²) < 4.78 is 10.4. The van der Waals surface area contributed by atoms with E-state index in [1.807, 2.05) is 18.2 Å². The van der Waals surface area contributed by atoms with Crippen molar-refractivity contribution in [2.45, 2.75) is 32.8 Å². The molecule has 0 N–H and O–H groups in total. The van der Waals surface area contributed by atoms with E-state index in [0.29, 0.717) is 18.0 Å². The van der Waals surface area contributed by atoms with Crippen LogP contribution in [0.15, 0.2) is 42.5 Å². The second-order valence-electron chi connectivity index (χ2n) is 5.04. The van der Waals surface area contributed by atoms with Gasteiger partial charge in [0.25, 0.3) is 0 Å². The fourth-order valence-electron chi connectivity index (χ4n) is 2.07. The van der Waals surface area contributed by atoms with Crippen LogP contribution < -0.4 is 4.74 Å². The topological polar surface area (TPSA) is 48.4 Å². The largest absolute Gasteiger partial charge is 0.487 e. The Labute approximate surface area is 131 Å². The molecular formula is C18H21NO3. The van der Waals surface area contributed by atoms with Crippen LogP contribution >= 0.6 is 0 Å². The van der Waals surface area contributed by atoms with Crippen LogP contribution in [0.4, 0.5) is 0 Å². The minimum Gasteiger partial charge on any atom is -0.487 e. The molecule has 22 heavy (non-hydrogen) atoms. The van der Waals surface area contributed by atoms with E-state index in [9.17, 15) is 4.79 Å². The van der Waals surface area contributed by atoms with Crippen LogP contribution in [0, 0.1) is 0 Å². The minimum absolute atomic E-state index is 0.290. The Hall–Kier alpha value is -2.36. The molecule has 1 heterocycles. The van der Waals surface area contributed by atoms with Crippen molar-refractivity contribution in [3.05, 3.63) is 59.4 Å². The van der Waals surface area contributed by atoms with Gasteiger partial charge in [-0.05, 0) is 42.7 Å². The maximum Gasteiger partial charge on any atom is 0.356 e. The molecule has 4 nitrogen and oxygen atoms in total. The van der Waals surface area contributed by atoms with E-state index in [-0.39, 0.29) is 0 Å². The van der Waals surface area contributed by atoms with Gasteiger partial charge in [-0.2, -0.15) is 0 Å². The number of carbonyl (C=O) groups excluding carboxylic acids is 1. The van der Waals surface area contributed by atoms with Crippen molar-refractivity contribution in [1.82, 2.24) is 4.98 Å².